The Labute approximate surface area is 185 Å². The summed E-state index contributed by atoms with van der Waals surface area (Å²) in [4.78, 5) is 32.0. The molecule has 6 nitrogen and oxygen atoms in total. The van der Waals surface area contributed by atoms with Gasteiger partial charge in [0.2, 0.25) is 11.8 Å². The van der Waals surface area contributed by atoms with Crippen molar-refractivity contribution in [3.63, 3.8) is 0 Å². The Morgan fingerprint density at radius 3 is 2.26 bits per heavy atom. The summed E-state index contributed by atoms with van der Waals surface area (Å²) < 4.78 is 0. The standard InChI is InChI=1S/C25H34N4O2/c1-20(25(31)26-23-11-10-21-8-4-5-9-22(21)18-23)28-16-14-27(15-17-28)19-24(30)29-12-6-2-3-7-13-29/h4-5,8-11,18,20H,2-3,6-7,12-17,19H2,1H3,(H,26,31)/t20-/m1/s1. The molecule has 0 unspecified atom stereocenters. The van der Waals surface area contributed by atoms with Gasteiger partial charge in [0.1, 0.15) is 0 Å². The summed E-state index contributed by atoms with van der Waals surface area (Å²) in [7, 11) is 0. The van der Waals surface area contributed by atoms with Gasteiger partial charge in [-0.15, -0.1) is 0 Å². The lowest BCUT2D eigenvalue weighted by molar-refractivity contribution is -0.133. The highest BCUT2D eigenvalue weighted by Crippen LogP contribution is 2.19. The largest absolute Gasteiger partial charge is 0.342 e. The van der Waals surface area contributed by atoms with Gasteiger partial charge in [0.15, 0.2) is 0 Å². The molecule has 2 amide bonds. The Bertz CT molecular complexity index is 899. The van der Waals surface area contributed by atoms with Crippen LogP contribution in [0.3, 0.4) is 0 Å². The Morgan fingerprint density at radius 2 is 1.55 bits per heavy atom. The van der Waals surface area contributed by atoms with Gasteiger partial charge in [-0.2, -0.15) is 0 Å². The minimum absolute atomic E-state index is 0.0179. The van der Waals surface area contributed by atoms with Gasteiger partial charge in [-0.3, -0.25) is 19.4 Å². The summed E-state index contributed by atoms with van der Waals surface area (Å²) >= 11 is 0. The van der Waals surface area contributed by atoms with Gasteiger partial charge >= 0.3 is 0 Å². The number of hydrogen-bond acceptors (Lipinski definition) is 4. The van der Waals surface area contributed by atoms with Crippen LogP contribution in [0.25, 0.3) is 10.8 Å². The molecule has 2 aliphatic heterocycles. The van der Waals surface area contributed by atoms with Gasteiger partial charge in [-0.25, -0.2) is 0 Å². The third-order valence-corrected chi connectivity index (χ3v) is 6.67. The maximum Gasteiger partial charge on any atom is 0.241 e. The lowest BCUT2D eigenvalue weighted by Gasteiger charge is -2.37. The van der Waals surface area contributed by atoms with Gasteiger partial charge < -0.3 is 10.2 Å². The van der Waals surface area contributed by atoms with Crippen molar-refractivity contribution >= 4 is 28.3 Å². The number of nitrogens with zero attached hydrogens (tertiary/aromatic N) is 3. The first-order chi connectivity index (χ1) is 15.1. The first-order valence-corrected chi connectivity index (χ1v) is 11.6. The van der Waals surface area contributed by atoms with E-state index in [-0.39, 0.29) is 17.9 Å². The van der Waals surface area contributed by atoms with Gasteiger partial charge in [0, 0.05) is 45.0 Å². The molecule has 0 aliphatic carbocycles. The van der Waals surface area contributed by atoms with Gasteiger partial charge in [0.05, 0.1) is 12.6 Å². The van der Waals surface area contributed by atoms with Crippen LogP contribution in [0.1, 0.15) is 32.6 Å². The molecule has 0 spiro atoms. The first kappa shape index (κ1) is 21.8. The predicted octanol–water partition coefficient (Wildman–Crippen LogP) is 3.19. The molecule has 2 aromatic rings. The highest BCUT2D eigenvalue weighted by Gasteiger charge is 2.27. The van der Waals surface area contributed by atoms with Crippen LogP contribution in [-0.2, 0) is 9.59 Å². The molecule has 2 fully saturated rings. The second-order valence-corrected chi connectivity index (χ2v) is 8.83. The van der Waals surface area contributed by atoms with Gasteiger partial charge in [-0.05, 0) is 42.7 Å². The smallest absolute Gasteiger partial charge is 0.241 e. The van der Waals surface area contributed by atoms with Crippen molar-refractivity contribution in [3.8, 4) is 0 Å². The maximum absolute atomic E-state index is 12.8. The number of benzene rings is 2. The van der Waals surface area contributed by atoms with E-state index >= 15 is 0 Å². The molecule has 6 heteroatoms. The molecule has 0 aromatic heterocycles. The van der Waals surface area contributed by atoms with Crippen molar-refractivity contribution in [2.75, 3.05) is 51.1 Å². The van der Waals surface area contributed by atoms with Gasteiger partial charge in [0.25, 0.3) is 0 Å². The molecule has 0 radical (unpaired) electrons. The number of piperazine rings is 1. The Hall–Kier alpha value is -2.44. The number of rotatable bonds is 5. The van der Waals surface area contributed by atoms with E-state index in [9.17, 15) is 9.59 Å². The lowest BCUT2D eigenvalue weighted by atomic mass is 10.1. The van der Waals surface area contributed by atoms with Crippen LogP contribution in [-0.4, -0.2) is 78.4 Å². The van der Waals surface area contributed by atoms with Crippen LogP contribution in [0.4, 0.5) is 5.69 Å². The highest BCUT2D eigenvalue weighted by atomic mass is 16.2. The Morgan fingerprint density at radius 1 is 0.871 bits per heavy atom. The SMILES string of the molecule is C[C@H](C(=O)Nc1ccc2ccccc2c1)N1CCN(CC(=O)N2CCCCCC2)CC1. The molecule has 1 atom stereocenters. The normalized spacial score (nSPS) is 19.7. The Kier molecular flexibility index (Phi) is 7.20. The topological polar surface area (TPSA) is 55.9 Å². The number of fused-ring (bicyclic) bond motifs is 1. The summed E-state index contributed by atoms with van der Waals surface area (Å²) in [6, 6.07) is 14.0. The fraction of sp³-hybridized carbons (Fsp3) is 0.520. The fourth-order valence-corrected chi connectivity index (χ4v) is 4.60. The van der Waals surface area contributed by atoms with E-state index < -0.39 is 0 Å². The zero-order valence-corrected chi connectivity index (χ0v) is 18.6. The zero-order chi connectivity index (χ0) is 21.6. The predicted molar refractivity (Wildman–Crippen MR) is 125 cm³/mol. The molecule has 4 rings (SSSR count). The van der Waals surface area contributed by atoms with E-state index in [0.29, 0.717) is 6.54 Å². The van der Waals surface area contributed by atoms with Gasteiger partial charge in [-0.1, -0.05) is 43.2 Å². The van der Waals surface area contributed by atoms with Crippen molar-refractivity contribution in [1.29, 1.82) is 0 Å². The quantitative estimate of drug-likeness (QED) is 0.804. The van der Waals surface area contributed by atoms with Crippen LogP contribution < -0.4 is 5.32 Å². The molecule has 2 aliphatic rings. The summed E-state index contributed by atoms with van der Waals surface area (Å²) in [5, 5.41) is 5.36. The summed E-state index contributed by atoms with van der Waals surface area (Å²) in [5.41, 5.74) is 0.831. The van der Waals surface area contributed by atoms with E-state index in [1.165, 1.54) is 18.2 Å². The van der Waals surface area contributed by atoms with Crippen molar-refractivity contribution in [3.05, 3.63) is 42.5 Å². The van der Waals surface area contributed by atoms with E-state index in [4.69, 9.17) is 0 Å². The van der Waals surface area contributed by atoms with Crippen LogP contribution >= 0.6 is 0 Å². The van der Waals surface area contributed by atoms with Crippen molar-refractivity contribution in [1.82, 2.24) is 14.7 Å². The van der Waals surface area contributed by atoms with E-state index in [1.54, 1.807) is 0 Å². The average molecular weight is 423 g/mol. The Balaban J connectivity index is 1.25. The minimum atomic E-state index is -0.199. The highest BCUT2D eigenvalue weighted by molar-refractivity contribution is 5.97. The lowest BCUT2D eigenvalue weighted by Crippen LogP contribution is -2.54. The molecule has 0 saturated carbocycles. The number of amides is 2. The van der Waals surface area contributed by atoms with E-state index in [0.717, 1.165) is 63.2 Å². The van der Waals surface area contributed by atoms with Crippen molar-refractivity contribution in [2.45, 2.75) is 38.6 Å². The summed E-state index contributed by atoms with van der Waals surface area (Å²) in [6.07, 6.45) is 4.73. The van der Waals surface area contributed by atoms with Crippen LogP contribution in [0.5, 0.6) is 0 Å². The maximum atomic E-state index is 12.8. The molecule has 1 N–H and O–H groups in total. The fourth-order valence-electron chi connectivity index (χ4n) is 4.60. The molecular formula is C25H34N4O2. The molecule has 2 saturated heterocycles. The van der Waals surface area contributed by atoms with Crippen LogP contribution in [0.2, 0.25) is 0 Å². The second-order valence-electron chi connectivity index (χ2n) is 8.83. The van der Waals surface area contributed by atoms with Crippen LogP contribution in [0, 0.1) is 0 Å². The molecular weight excluding hydrogens is 388 g/mol. The first-order valence-electron chi connectivity index (χ1n) is 11.6. The monoisotopic (exact) mass is 422 g/mol. The molecule has 166 valence electrons. The number of carbonyl (C=O) groups is 2. The average Bonchev–Trinajstić information content (AvgIpc) is 3.09. The van der Waals surface area contributed by atoms with Crippen molar-refractivity contribution in [2.24, 2.45) is 0 Å². The number of carbonyl (C=O) groups excluding carboxylic acids is 2. The molecule has 0 bridgehead atoms. The number of nitrogens with one attached hydrogen (secondary N) is 1. The van der Waals surface area contributed by atoms with Crippen LogP contribution in [0.15, 0.2) is 42.5 Å². The molecule has 31 heavy (non-hydrogen) atoms. The number of likely N-dealkylation sites (tertiary alicyclic amines) is 1. The summed E-state index contributed by atoms with van der Waals surface area (Å²) in [5.74, 6) is 0.279. The number of anilines is 1. The van der Waals surface area contributed by atoms with Crippen molar-refractivity contribution < 1.29 is 9.59 Å². The molecule has 2 heterocycles. The van der Waals surface area contributed by atoms with E-state index in [2.05, 4.69) is 27.2 Å². The summed E-state index contributed by atoms with van der Waals surface area (Å²) in [6.45, 7) is 7.55. The zero-order valence-electron chi connectivity index (χ0n) is 18.6. The third kappa shape index (κ3) is 5.63. The minimum Gasteiger partial charge on any atom is -0.342 e. The number of hydrogen-bond donors (Lipinski definition) is 1. The second kappa shape index (κ2) is 10.2. The van der Waals surface area contributed by atoms with E-state index in [1.807, 2.05) is 42.2 Å². The molecule has 2 aromatic carbocycles. The third-order valence-electron chi connectivity index (χ3n) is 6.67.